The lowest BCUT2D eigenvalue weighted by molar-refractivity contribution is 0.102. The van der Waals surface area contributed by atoms with Crippen molar-refractivity contribution in [3.63, 3.8) is 0 Å². The van der Waals surface area contributed by atoms with E-state index >= 15 is 0 Å². The summed E-state index contributed by atoms with van der Waals surface area (Å²) in [6.45, 7) is 2.45. The zero-order valence-electron chi connectivity index (χ0n) is 12.9. The first-order valence-electron chi connectivity index (χ1n) is 6.94. The molecule has 5 heteroatoms. The summed E-state index contributed by atoms with van der Waals surface area (Å²) in [6.07, 6.45) is 0. The Kier molecular flexibility index (Phi) is 5.25. The van der Waals surface area contributed by atoms with Gasteiger partial charge in [-0.15, -0.1) is 0 Å². The summed E-state index contributed by atoms with van der Waals surface area (Å²) >= 11 is 0. The van der Waals surface area contributed by atoms with Crippen LogP contribution >= 0.6 is 0 Å². The first kappa shape index (κ1) is 15.7. The summed E-state index contributed by atoms with van der Waals surface area (Å²) in [5.74, 6) is 1.62. The number of carbonyl (C=O) groups excluding carboxylic acids is 1. The van der Waals surface area contributed by atoms with Gasteiger partial charge in [0.1, 0.15) is 17.2 Å². The molecule has 0 aliphatic heterocycles. The molecule has 22 heavy (non-hydrogen) atoms. The normalized spacial score (nSPS) is 9.95. The second-order valence-corrected chi connectivity index (χ2v) is 4.48. The Balaban J connectivity index is 2.23. The van der Waals surface area contributed by atoms with Gasteiger partial charge in [-0.2, -0.15) is 0 Å². The van der Waals surface area contributed by atoms with Crippen molar-refractivity contribution in [2.75, 3.05) is 26.1 Å². The van der Waals surface area contributed by atoms with Crippen LogP contribution < -0.4 is 19.5 Å². The van der Waals surface area contributed by atoms with Gasteiger partial charge < -0.3 is 19.5 Å². The summed E-state index contributed by atoms with van der Waals surface area (Å²) in [6, 6.07) is 12.2. The maximum atomic E-state index is 12.4. The zero-order valence-corrected chi connectivity index (χ0v) is 12.9. The molecule has 0 aliphatic rings. The zero-order chi connectivity index (χ0) is 15.9. The van der Waals surface area contributed by atoms with Crippen molar-refractivity contribution < 1.29 is 19.0 Å². The average molecular weight is 301 g/mol. The predicted octanol–water partition coefficient (Wildman–Crippen LogP) is 3.35. The van der Waals surface area contributed by atoms with Crippen molar-refractivity contribution in [2.45, 2.75) is 6.92 Å². The second-order valence-electron chi connectivity index (χ2n) is 4.48. The van der Waals surface area contributed by atoms with Crippen molar-refractivity contribution in [1.82, 2.24) is 0 Å². The largest absolute Gasteiger partial charge is 0.497 e. The Labute approximate surface area is 129 Å². The number of hydrogen-bond donors (Lipinski definition) is 1. The van der Waals surface area contributed by atoms with Crippen molar-refractivity contribution >= 4 is 11.6 Å². The van der Waals surface area contributed by atoms with E-state index in [0.717, 1.165) is 0 Å². The fourth-order valence-corrected chi connectivity index (χ4v) is 2.00. The topological polar surface area (TPSA) is 56.8 Å². The first-order chi connectivity index (χ1) is 10.7. The van der Waals surface area contributed by atoms with E-state index < -0.39 is 0 Å². The van der Waals surface area contributed by atoms with Gasteiger partial charge in [-0.05, 0) is 37.3 Å². The van der Waals surface area contributed by atoms with Gasteiger partial charge in [0.25, 0.3) is 5.91 Å². The number of methoxy groups -OCH3 is 2. The fraction of sp³-hybridized carbons (Fsp3) is 0.235. The van der Waals surface area contributed by atoms with E-state index in [1.807, 2.05) is 13.0 Å². The lowest BCUT2D eigenvalue weighted by atomic mass is 10.2. The monoisotopic (exact) mass is 301 g/mol. The molecule has 2 aromatic carbocycles. The van der Waals surface area contributed by atoms with Gasteiger partial charge >= 0.3 is 0 Å². The molecule has 0 atom stereocenters. The van der Waals surface area contributed by atoms with Gasteiger partial charge in [-0.3, -0.25) is 4.79 Å². The molecule has 0 unspecified atom stereocenters. The number of nitrogens with one attached hydrogen (secondary N) is 1. The van der Waals surface area contributed by atoms with E-state index in [-0.39, 0.29) is 5.91 Å². The highest BCUT2D eigenvalue weighted by Gasteiger charge is 2.11. The molecule has 0 saturated heterocycles. The van der Waals surface area contributed by atoms with Crippen molar-refractivity contribution in [3.8, 4) is 17.2 Å². The van der Waals surface area contributed by atoms with Crippen LogP contribution in [0.3, 0.4) is 0 Å². The van der Waals surface area contributed by atoms with Crippen molar-refractivity contribution in [3.05, 3.63) is 48.0 Å². The summed E-state index contributed by atoms with van der Waals surface area (Å²) < 4.78 is 15.8. The SMILES string of the molecule is CCOc1cccc(C(=O)Nc2cc(OC)ccc2OC)c1. The molecular weight excluding hydrogens is 282 g/mol. The Morgan fingerprint density at radius 1 is 1.05 bits per heavy atom. The lowest BCUT2D eigenvalue weighted by Crippen LogP contribution is -2.13. The van der Waals surface area contributed by atoms with E-state index in [2.05, 4.69) is 5.32 Å². The average Bonchev–Trinajstić information content (AvgIpc) is 2.55. The summed E-state index contributed by atoms with van der Waals surface area (Å²) in [5.41, 5.74) is 1.06. The van der Waals surface area contributed by atoms with Crippen molar-refractivity contribution in [2.24, 2.45) is 0 Å². The number of carbonyl (C=O) groups is 1. The van der Waals surface area contributed by atoms with Crippen LogP contribution in [-0.2, 0) is 0 Å². The van der Waals surface area contributed by atoms with Gasteiger partial charge in [-0.25, -0.2) is 0 Å². The fourth-order valence-electron chi connectivity index (χ4n) is 2.00. The minimum absolute atomic E-state index is 0.242. The highest BCUT2D eigenvalue weighted by atomic mass is 16.5. The highest BCUT2D eigenvalue weighted by Crippen LogP contribution is 2.29. The highest BCUT2D eigenvalue weighted by molar-refractivity contribution is 6.05. The van der Waals surface area contributed by atoms with Crippen LogP contribution in [0.15, 0.2) is 42.5 Å². The molecule has 0 aromatic heterocycles. The second kappa shape index (κ2) is 7.36. The predicted molar refractivity (Wildman–Crippen MR) is 85.1 cm³/mol. The van der Waals surface area contributed by atoms with Crippen LogP contribution in [0.2, 0.25) is 0 Å². The Morgan fingerprint density at radius 2 is 1.86 bits per heavy atom. The van der Waals surface area contributed by atoms with Crippen LogP contribution in [0.4, 0.5) is 5.69 Å². The van der Waals surface area contributed by atoms with E-state index in [0.29, 0.717) is 35.1 Å². The molecule has 1 N–H and O–H groups in total. The van der Waals surface area contributed by atoms with Crippen LogP contribution in [0.25, 0.3) is 0 Å². The third kappa shape index (κ3) is 3.69. The quantitative estimate of drug-likeness (QED) is 0.889. The summed E-state index contributed by atoms with van der Waals surface area (Å²) in [5, 5.41) is 2.82. The molecule has 5 nitrogen and oxygen atoms in total. The molecule has 2 aromatic rings. The third-order valence-corrected chi connectivity index (χ3v) is 3.06. The first-order valence-corrected chi connectivity index (χ1v) is 6.94. The smallest absolute Gasteiger partial charge is 0.255 e. The van der Waals surface area contributed by atoms with E-state index in [1.54, 1.807) is 50.6 Å². The number of hydrogen-bond acceptors (Lipinski definition) is 4. The van der Waals surface area contributed by atoms with Crippen LogP contribution in [0.5, 0.6) is 17.2 Å². The number of anilines is 1. The molecule has 2 rings (SSSR count). The van der Waals surface area contributed by atoms with Gasteiger partial charge in [0.2, 0.25) is 0 Å². The van der Waals surface area contributed by atoms with E-state index in [4.69, 9.17) is 14.2 Å². The van der Waals surface area contributed by atoms with Crippen molar-refractivity contribution in [1.29, 1.82) is 0 Å². The standard InChI is InChI=1S/C17H19NO4/c1-4-22-14-7-5-6-12(10-14)17(19)18-15-11-13(20-2)8-9-16(15)21-3/h5-11H,4H2,1-3H3,(H,18,19). The Morgan fingerprint density at radius 3 is 2.55 bits per heavy atom. The Hall–Kier alpha value is -2.69. The third-order valence-electron chi connectivity index (χ3n) is 3.06. The molecule has 1 amide bonds. The van der Waals surface area contributed by atoms with Gasteiger partial charge in [0.05, 0.1) is 26.5 Å². The summed E-state index contributed by atoms with van der Waals surface area (Å²) in [4.78, 5) is 12.4. The molecular formula is C17H19NO4. The number of benzene rings is 2. The van der Waals surface area contributed by atoms with Gasteiger partial charge in [0, 0.05) is 11.6 Å². The lowest BCUT2D eigenvalue weighted by Gasteiger charge is -2.12. The minimum atomic E-state index is -0.242. The Bertz CT molecular complexity index is 655. The van der Waals surface area contributed by atoms with Crippen LogP contribution in [0.1, 0.15) is 17.3 Å². The van der Waals surface area contributed by atoms with Gasteiger partial charge in [-0.1, -0.05) is 6.07 Å². The molecule has 0 spiro atoms. The summed E-state index contributed by atoms with van der Waals surface area (Å²) in [7, 11) is 3.12. The maximum absolute atomic E-state index is 12.4. The van der Waals surface area contributed by atoms with Gasteiger partial charge in [0.15, 0.2) is 0 Å². The molecule has 0 radical (unpaired) electrons. The molecule has 0 bridgehead atoms. The number of ether oxygens (including phenoxy) is 3. The van der Waals surface area contributed by atoms with E-state index in [1.165, 1.54) is 0 Å². The van der Waals surface area contributed by atoms with Crippen LogP contribution in [-0.4, -0.2) is 26.7 Å². The maximum Gasteiger partial charge on any atom is 0.255 e. The van der Waals surface area contributed by atoms with Crippen LogP contribution in [0, 0.1) is 0 Å². The molecule has 0 aliphatic carbocycles. The molecule has 0 heterocycles. The minimum Gasteiger partial charge on any atom is -0.497 e. The number of amides is 1. The molecule has 0 fully saturated rings. The number of rotatable bonds is 6. The molecule has 116 valence electrons. The molecule has 0 saturated carbocycles. The van der Waals surface area contributed by atoms with E-state index in [9.17, 15) is 4.79 Å².